The molecular formula is C28H32N6O6S. The number of para-hydroxylation sites is 2. The molecule has 1 aromatic heterocycles. The van der Waals surface area contributed by atoms with E-state index in [-0.39, 0.29) is 29.0 Å². The lowest BCUT2D eigenvalue weighted by Crippen LogP contribution is -2.32. The average Bonchev–Trinajstić information content (AvgIpc) is 2.96. The molecule has 1 amide bonds. The first-order chi connectivity index (χ1) is 19.7. The van der Waals surface area contributed by atoms with Crippen LogP contribution < -0.4 is 24.8 Å². The van der Waals surface area contributed by atoms with Crippen molar-refractivity contribution in [2.24, 2.45) is 0 Å². The van der Waals surface area contributed by atoms with Gasteiger partial charge in [0.1, 0.15) is 11.5 Å². The maximum Gasteiger partial charge on any atom is 0.263 e. The first kappa shape index (κ1) is 29.5. The molecule has 0 atom stereocenters. The number of rotatable bonds is 13. The lowest BCUT2D eigenvalue weighted by Gasteiger charge is -2.16. The Morgan fingerprint density at radius 1 is 0.854 bits per heavy atom. The van der Waals surface area contributed by atoms with Gasteiger partial charge in [-0.25, -0.2) is 18.4 Å². The monoisotopic (exact) mass is 580 g/mol. The van der Waals surface area contributed by atoms with Crippen LogP contribution in [0.1, 0.15) is 0 Å². The van der Waals surface area contributed by atoms with Crippen molar-refractivity contribution in [3.8, 4) is 11.5 Å². The van der Waals surface area contributed by atoms with E-state index in [0.29, 0.717) is 47.1 Å². The molecule has 0 bridgehead atoms. The maximum absolute atomic E-state index is 13.5. The molecule has 12 nitrogen and oxygen atoms in total. The van der Waals surface area contributed by atoms with Crippen LogP contribution in [0.15, 0.2) is 71.6 Å². The van der Waals surface area contributed by atoms with Gasteiger partial charge in [0, 0.05) is 43.2 Å². The number of aromatic nitrogens is 2. The third-order valence-electron chi connectivity index (χ3n) is 5.93. The second-order valence-electron chi connectivity index (χ2n) is 9.05. The molecular weight excluding hydrogens is 548 g/mol. The first-order valence-electron chi connectivity index (χ1n) is 12.6. The molecule has 3 N–H and O–H groups in total. The highest BCUT2D eigenvalue weighted by molar-refractivity contribution is 7.92. The number of nitrogens with one attached hydrogen (secondary N) is 3. The van der Waals surface area contributed by atoms with Crippen molar-refractivity contribution in [3.63, 3.8) is 0 Å². The summed E-state index contributed by atoms with van der Waals surface area (Å²) in [5.41, 5.74) is 1.95. The molecule has 13 heteroatoms. The number of amides is 1. The van der Waals surface area contributed by atoms with E-state index in [4.69, 9.17) is 14.2 Å². The summed E-state index contributed by atoms with van der Waals surface area (Å²) < 4.78 is 45.3. The Kier molecular flexibility index (Phi) is 9.55. The van der Waals surface area contributed by atoms with Gasteiger partial charge in [-0.05, 0) is 37.4 Å². The summed E-state index contributed by atoms with van der Waals surface area (Å²) in [6.45, 7) is 1.19. The quantitative estimate of drug-likeness (QED) is 0.214. The molecule has 0 spiro atoms. The highest BCUT2D eigenvalue weighted by Crippen LogP contribution is 2.31. The van der Waals surface area contributed by atoms with Crippen LogP contribution in [0.3, 0.4) is 0 Å². The predicted octanol–water partition coefficient (Wildman–Crippen LogP) is 3.71. The van der Waals surface area contributed by atoms with Crippen molar-refractivity contribution in [2.75, 3.05) is 63.4 Å². The number of likely N-dealkylation sites (N-methyl/N-ethyl adjacent to an activating group) is 1. The number of sulfonamides is 1. The fourth-order valence-corrected chi connectivity index (χ4v) is 4.93. The molecule has 0 unspecified atom stereocenters. The SMILES string of the molecule is COCCN(C)CC(=O)Nc1cccc(S(=O)(=O)Nc2nc3ccccc3nc2Nc2cc(OC)cc(OC)c2)c1. The number of nitrogens with zero attached hydrogens (tertiary/aromatic N) is 3. The van der Waals surface area contributed by atoms with Gasteiger partial charge in [0.15, 0.2) is 11.6 Å². The normalized spacial score (nSPS) is 11.3. The molecule has 216 valence electrons. The highest BCUT2D eigenvalue weighted by Gasteiger charge is 2.20. The van der Waals surface area contributed by atoms with E-state index in [1.807, 2.05) is 6.07 Å². The molecule has 0 radical (unpaired) electrons. The van der Waals surface area contributed by atoms with Gasteiger partial charge in [-0.1, -0.05) is 18.2 Å². The minimum atomic E-state index is -4.14. The van der Waals surface area contributed by atoms with Crippen molar-refractivity contribution in [3.05, 3.63) is 66.7 Å². The maximum atomic E-state index is 13.5. The predicted molar refractivity (Wildman–Crippen MR) is 158 cm³/mol. The van der Waals surface area contributed by atoms with E-state index < -0.39 is 10.0 Å². The van der Waals surface area contributed by atoms with Crippen LogP contribution in [0, 0.1) is 0 Å². The molecule has 0 saturated carbocycles. The number of hydrogen-bond acceptors (Lipinski definition) is 10. The summed E-state index contributed by atoms with van der Waals surface area (Å²) in [7, 11) is 2.31. The summed E-state index contributed by atoms with van der Waals surface area (Å²) in [5, 5.41) is 5.86. The van der Waals surface area contributed by atoms with Gasteiger partial charge in [0.2, 0.25) is 5.91 Å². The van der Waals surface area contributed by atoms with Crippen molar-refractivity contribution >= 4 is 50.0 Å². The van der Waals surface area contributed by atoms with Gasteiger partial charge >= 0.3 is 0 Å². The third-order valence-corrected chi connectivity index (χ3v) is 7.27. The summed E-state index contributed by atoms with van der Waals surface area (Å²) >= 11 is 0. The van der Waals surface area contributed by atoms with E-state index >= 15 is 0 Å². The van der Waals surface area contributed by atoms with Crippen LogP contribution in [0.4, 0.5) is 23.0 Å². The van der Waals surface area contributed by atoms with Gasteiger partial charge in [-0.2, -0.15) is 0 Å². The van der Waals surface area contributed by atoms with E-state index in [9.17, 15) is 13.2 Å². The molecule has 4 rings (SSSR count). The fraction of sp³-hybridized carbons (Fsp3) is 0.250. The molecule has 3 aromatic carbocycles. The smallest absolute Gasteiger partial charge is 0.263 e. The van der Waals surface area contributed by atoms with E-state index in [0.717, 1.165) is 0 Å². The largest absolute Gasteiger partial charge is 0.497 e. The standard InChI is InChI=1S/C28H32N6O6S/c1-34(12-13-38-2)18-26(35)29-19-8-7-9-23(16-19)41(36,37)33-28-27(31-24-10-5-6-11-25(24)32-28)30-20-14-21(39-3)17-22(15-20)40-4/h5-11,14-17H,12-13,18H2,1-4H3,(H,29,35)(H,30,31)(H,32,33). The number of carbonyl (C=O) groups is 1. The Balaban J connectivity index is 1.62. The lowest BCUT2D eigenvalue weighted by molar-refractivity contribution is -0.117. The van der Waals surface area contributed by atoms with Crippen molar-refractivity contribution in [1.29, 1.82) is 0 Å². The van der Waals surface area contributed by atoms with Gasteiger partial charge < -0.3 is 24.8 Å². The molecule has 0 saturated heterocycles. The molecule has 4 aromatic rings. The average molecular weight is 581 g/mol. The van der Waals surface area contributed by atoms with Crippen LogP contribution >= 0.6 is 0 Å². The third kappa shape index (κ3) is 7.81. The van der Waals surface area contributed by atoms with Crippen LogP contribution in [-0.2, 0) is 19.6 Å². The minimum Gasteiger partial charge on any atom is -0.497 e. The zero-order valence-corrected chi connectivity index (χ0v) is 24.0. The molecule has 0 fully saturated rings. The highest BCUT2D eigenvalue weighted by atomic mass is 32.2. The second kappa shape index (κ2) is 13.3. The van der Waals surface area contributed by atoms with Gasteiger partial charge in [0.05, 0.1) is 43.3 Å². The number of methoxy groups -OCH3 is 3. The van der Waals surface area contributed by atoms with Crippen LogP contribution in [0.25, 0.3) is 11.0 Å². The summed E-state index contributed by atoms with van der Waals surface area (Å²) in [5.74, 6) is 0.940. The lowest BCUT2D eigenvalue weighted by atomic mass is 10.2. The molecule has 41 heavy (non-hydrogen) atoms. The van der Waals surface area contributed by atoms with Gasteiger partial charge in [0.25, 0.3) is 10.0 Å². The Bertz CT molecular complexity index is 1610. The van der Waals surface area contributed by atoms with Crippen LogP contribution in [0.5, 0.6) is 11.5 Å². The summed E-state index contributed by atoms with van der Waals surface area (Å²) in [6, 6.07) is 18.2. The summed E-state index contributed by atoms with van der Waals surface area (Å²) in [4.78, 5) is 23.3. The van der Waals surface area contributed by atoms with Crippen LogP contribution in [-0.4, -0.2) is 77.3 Å². The zero-order chi connectivity index (χ0) is 29.4. The second-order valence-corrected chi connectivity index (χ2v) is 10.7. The minimum absolute atomic E-state index is 0.0142. The molecule has 0 aliphatic heterocycles. The Morgan fingerprint density at radius 3 is 2.15 bits per heavy atom. The molecule has 0 aliphatic rings. The number of benzene rings is 3. The number of carbonyl (C=O) groups excluding carboxylic acids is 1. The van der Waals surface area contributed by atoms with E-state index in [2.05, 4.69) is 25.3 Å². The number of anilines is 4. The van der Waals surface area contributed by atoms with E-state index in [1.54, 1.807) is 67.6 Å². The Hall–Kier alpha value is -4.46. The number of hydrogen-bond donors (Lipinski definition) is 3. The van der Waals surface area contributed by atoms with Crippen molar-refractivity contribution in [1.82, 2.24) is 14.9 Å². The van der Waals surface area contributed by atoms with Crippen molar-refractivity contribution < 1.29 is 27.4 Å². The zero-order valence-electron chi connectivity index (χ0n) is 23.2. The van der Waals surface area contributed by atoms with Gasteiger partial charge in [-0.15, -0.1) is 0 Å². The van der Waals surface area contributed by atoms with E-state index in [1.165, 1.54) is 26.4 Å². The Labute approximate surface area is 238 Å². The number of ether oxygens (including phenoxy) is 3. The first-order valence-corrected chi connectivity index (χ1v) is 14.1. The van der Waals surface area contributed by atoms with Gasteiger partial charge in [-0.3, -0.25) is 14.4 Å². The topological polar surface area (TPSA) is 144 Å². The number of fused-ring (bicyclic) bond motifs is 1. The fourth-order valence-electron chi connectivity index (χ4n) is 3.87. The molecule has 1 heterocycles. The van der Waals surface area contributed by atoms with Crippen molar-refractivity contribution in [2.45, 2.75) is 4.90 Å². The Morgan fingerprint density at radius 2 is 1.51 bits per heavy atom. The van der Waals surface area contributed by atoms with Crippen LogP contribution in [0.2, 0.25) is 0 Å². The summed E-state index contributed by atoms with van der Waals surface area (Å²) in [6.07, 6.45) is 0. The molecule has 0 aliphatic carbocycles.